The van der Waals surface area contributed by atoms with Crippen LogP contribution in [0.15, 0.2) is 24.3 Å². The summed E-state index contributed by atoms with van der Waals surface area (Å²) in [4.78, 5) is 0. The van der Waals surface area contributed by atoms with Crippen molar-refractivity contribution in [3.63, 3.8) is 0 Å². The molecule has 1 aromatic rings. The molecule has 2 N–H and O–H groups in total. The maximum atomic E-state index is 12.2. The fourth-order valence-electron chi connectivity index (χ4n) is 2.10. The number of hydrogen-bond donors (Lipinski definition) is 2. The lowest BCUT2D eigenvalue weighted by atomic mass is 10.1. The van der Waals surface area contributed by atoms with E-state index in [9.17, 15) is 8.42 Å². The van der Waals surface area contributed by atoms with Crippen LogP contribution in [0.1, 0.15) is 31.7 Å². The van der Waals surface area contributed by atoms with Crippen LogP contribution < -0.4 is 10.0 Å². The van der Waals surface area contributed by atoms with Crippen LogP contribution in [0.25, 0.3) is 0 Å². The summed E-state index contributed by atoms with van der Waals surface area (Å²) in [5, 5.41) is 3.39. The summed E-state index contributed by atoms with van der Waals surface area (Å²) in [7, 11) is -1.85. The lowest BCUT2D eigenvalue weighted by Crippen LogP contribution is -2.34. The molecule has 0 atom stereocenters. The molecule has 1 saturated carbocycles. The summed E-state index contributed by atoms with van der Waals surface area (Å²) < 4.78 is 28.5. The Morgan fingerprint density at radius 1 is 1.33 bits per heavy atom. The monoisotopic (exact) mass is 311 g/mol. The maximum Gasteiger partial charge on any atom is 0.301 e. The molecule has 21 heavy (non-hydrogen) atoms. The molecule has 0 aliphatic heterocycles. The van der Waals surface area contributed by atoms with Crippen molar-refractivity contribution in [2.24, 2.45) is 0 Å². The molecule has 0 unspecified atom stereocenters. The number of rotatable bonds is 9. The topological polar surface area (TPSA) is 61.4 Å². The van der Waals surface area contributed by atoms with Crippen molar-refractivity contribution in [1.29, 1.82) is 0 Å². The first kappa shape index (κ1) is 16.3. The first-order valence-corrected chi connectivity index (χ1v) is 9.01. The van der Waals surface area contributed by atoms with Gasteiger partial charge in [-0.2, -0.15) is 12.7 Å². The van der Waals surface area contributed by atoms with E-state index in [4.69, 9.17) is 0 Å². The van der Waals surface area contributed by atoms with Crippen LogP contribution in [0.4, 0.5) is 5.69 Å². The molecular formula is C15H25N3O2S. The van der Waals surface area contributed by atoms with Crippen LogP contribution in [0, 0.1) is 0 Å². The Morgan fingerprint density at radius 2 is 2.10 bits per heavy atom. The second-order valence-electron chi connectivity index (χ2n) is 5.56. The highest BCUT2D eigenvalue weighted by molar-refractivity contribution is 7.90. The molecule has 2 rings (SSSR count). The van der Waals surface area contributed by atoms with E-state index in [1.807, 2.05) is 25.1 Å². The van der Waals surface area contributed by atoms with Crippen molar-refractivity contribution in [2.75, 3.05) is 24.9 Å². The van der Waals surface area contributed by atoms with E-state index in [-0.39, 0.29) is 0 Å². The zero-order chi connectivity index (χ0) is 15.3. The highest BCUT2D eigenvalue weighted by Crippen LogP contribution is 2.18. The first-order valence-electron chi connectivity index (χ1n) is 7.57. The Kier molecular flexibility index (Phi) is 5.61. The molecule has 118 valence electrons. The van der Waals surface area contributed by atoms with Crippen LogP contribution in [-0.4, -0.2) is 38.9 Å². The predicted octanol–water partition coefficient (Wildman–Crippen LogP) is 1.98. The Balaban J connectivity index is 1.83. The second kappa shape index (κ2) is 7.24. The van der Waals surface area contributed by atoms with E-state index in [1.165, 1.54) is 17.1 Å². The van der Waals surface area contributed by atoms with Crippen molar-refractivity contribution in [3.05, 3.63) is 29.8 Å². The SMILES string of the molecule is CCc1cccc(NS(=O)(=O)N(C)CCCNC2CC2)c1. The second-order valence-corrected chi connectivity index (χ2v) is 7.34. The van der Waals surface area contributed by atoms with Gasteiger partial charge in [0, 0.05) is 19.6 Å². The standard InChI is InChI=1S/C15H25N3O2S/c1-3-13-6-4-7-15(12-13)17-21(19,20)18(2)11-5-10-16-14-8-9-14/h4,6-7,12,14,16-17H,3,5,8-11H2,1-2H3. The minimum absolute atomic E-state index is 0.516. The summed E-state index contributed by atoms with van der Waals surface area (Å²) in [6, 6.07) is 8.18. The van der Waals surface area contributed by atoms with Gasteiger partial charge in [0.15, 0.2) is 0 Å². The van der Waals surface area contributed by atoms with Gasteiger partial charge in [-0.1, -0.05) is 19.1 Å². The minimum Gasteiger partial charge on any atom is -0.314 e. The van der Waals surface area contributed by atoms with Gasteiger partial charge < -0.3 is 5.32 Å². The quantitative estimate of drug-likeness (QED) is 0.686. The van der Waals surface area contributed by atoms with Gasteiger partial charge in [-0.25, -0.2) is 0 Å². The summed E-state index contributed by atoms with van der Waals surface area (Å²) in [6.07, 6.45) is 4.22. The molecule has 1 aliphatic carbocycles. The fraction of sp³-hybridized carbons (Fsp3) is 0.600. The molecule has 0 radical (unpaired) electrons. The van der Waals surface area contributed by atoms with E-state index in [0.717, 1.165) is 24.9 Å². The smallest absolute Gasteiger partial charge is 0.301 e. The Hall–Kier alpha value is -1.11. The average molecular weight is 311 g/mol. The van der Waals surface area contributed by atoms with Crippen molar-refractivity contribution in [3.8, 4) is 0 Å². The Morgan fingerprint density at radius 3 is 2.76 bits per heavy atom. The molecule has 0 saturated heterocycles. The highest BCUT2D eigenvalue weighted by Gasteiger charge is 2.21. The van der Waals surface area contributed by atoms with E-state index < -0.39 is 10.2 Å². The molecule has 5 nitrogen and oxygen atoms in total. The van der Waals surface area contributed by atoms with Crippen LogP contribution in [0.3, 0.4) is 0 Å². The van der Waals surface area contributed by atoms with E-state index in [0.29, 0.717) is 18.3 Å². The number of benzene rings is 1. The van der Waals surface area contributed by atoms with Crippen molar-refractivity contribution in [1.82, 2.24) is 9.62 Å². The maximum absolute atomic E-state index is 12.2. The average Bonchev–Trinajstić information content (AvgIpc) is 3.27. The zero-order valence-corrected chi connectivity index (χ0v) is 13.6. The van der Waals surface area contributed by atoms with Crippen LogP contribution in [0.5, 0.6) is 0 Å². The van der Waals surface area contributed by atoms with Gasteiger partial charge in [-0.15, -0.1) is 0 Å². The number of hydrogen-bond acceptors (Lipinski definition) is 3. The van der Waals surface area contributed by atoms with Crippen molar-refractivity contribution >= 4 is 15.9 Å². The van der Waals surface area contributed by atoms with Gasteiger partial charge in [-0.3, -0.25) is 4.72 Å². The normalized spacial score (nSPS) is 15.4. The Labute approximate surface area is 127 Å². The number of nitrogens with one attached hydrogen (secondary N) is 2. The lowest BCUT2D eigenvalue weighted by molar-refractivity contribution is 0.458. The van der Waals surface area contributed by atoms with Gasteiger partial charge in [0.1, 0.15) is 0 Å². The Bertz CT molecular complexity index is 556. The molecule has 1 aromatic carbocycles. The van der Waals surface area contributed by atoms with Crippen LogP contribution in [0.2, 0.25) is 0 Å². The third-order valence-electron chi connectivity index (χ3n) is 3.65. The van der Waals surface area contributed by atoms with E-state index in [1.54, 1.807) is 13.1 Å². The lowest BCUT2D eigenvalue weighted by Gasteiger charge is -2.18. The van der Waals surface area contributed by atoms with Crippen LogP contribution in [-0.2, 0) is 16.6 Å². The molecule has 0 heterocycles. The third kappa shape index (κ3) is 5.30. The molecule has 0 amide bonds. The summed E-state index contributed by atoms with van der Waals surface area (Å²) in [5.41, 5.74) is 1.74. The predicted molar refractivity (Wildman–Crippen MR) is 86.6 cm³/mol. The van der Waals surface area contributed by atoms with Crippen LogP contribution >= 0.6 is 0 Å². The van der Waals surface area contributed by atoms with Gasteiger partial charge in [0.05, 0.1) is 5.69 Å². The summed E-state index contributed by atoms with van der Waals surface area (Å²) in [5.74, 6) is 0. The summed E-state index contributed by atoms with van der Waals surface area (Å²) in [6.45, 7) is 3.44. The van der Waals surface area contributed by atoms with Gasteiger partial charge in [0.2, 0.25) is 0 Å². The van der Waals surface area contributed by atoms with Gasteiger partial charge in [0.25, 0.3) is 0 Å². The van der Waals surface area contributed by atoms with Crippen molar-refractivity contribution < 1.29 is 8.42 Å². The van der Waals surface area contributed by atoms with E-state index >= 15 is 0 Å². The third-order valence-corrected chi connectivity index (χ3v) is 5.15. The van der Waals surface area contributed by atoms with Crippen molar-refractivity contribution in [2.45, 2.75) is 38.6 Å². The number of anilines is 1. The number of aryl methyl sites for hydroxylation is 1. The van der Waals surface area contributed by atoms with Gasteiger partial charge >= 0.3 is 10.2 Å². The fourth-order valence-corrected chi connectivity index (χ4v) is 3.05. The zero-order valence-electron chi connectivity index (χ0n) is 12.8. The first-order chi connectivity index (χ1) is 10.0. The molecule has 1 aliphatic rings. The highest BCUT2D eigenvalue weighted by atomic mass is 32.2. The summed E-state index contributed by atoms with van der Waals surface area (Å²) >= 11 is 0. The molecule has 0 aromatic heterocycles. The van der Waals surface area contributed by atoms with E-state index in [2.05, 4.69) is 10.0 Å². The largest absolute Gasteiger partial charge is 0.314 e. The minimum atomic E-state index is -3.47. The molecule has 0 spiro atoms. The molecule has 1 fully saturated rings. The number of nitrogens with zero attached hydrogens (tertiary/aromatic N) is 1. The molecule has 0 bridgehead atoms. The molecular weight excluding hydrogens is 286 g/mol. The molecule has 6 heteroatoms. The van der Waals surface area contributed by atoms with Gasteiger partial charge in [-0.05, 0) is 49.9 Å².